The van der Waals surface area contributed by atoms with Crippen LogP contribution in [-0.4, -0.2) is 28.7 Å². The lowest BCUT2D eigenvalue weighted by atomic mass is 10.1. The number of Topliss-reactive ketones (excluding diaryl/α,β-unsaturated/α-hetero) is 1. The van der Waals surface area contributed by atoms with E-state index in [1.807, 2.05) is 0 Å². The highest BCUT2D eigenvalue weighted by Gasteiger charge is 2.37. The van der Waals surface area contributed by atoms with Crippen LogP contribution >= 0.6 is 0 Å². The second-order valence-electron chi connectivity index (χ2n) is 5.56. The Labute approximate surface area is 137 Å². The van der Waals surface area contributed by atoms with Crippen molar-refractivity contribution in [3.63, 3.8) is 0 Å². The Balaban J connectivity index is 2.02. The lowest BCUT2D eigenvalue weighted by Crippen LogP contribution is -2.29. The van der Waals surface area contributed by atoms with Crippen molar-refractivity contribution in [2.45, 2.75) is 13.3 Å². The van der Waals surface area contributed by atoms with Crippen LogP contribution in [0.4, 0.5) is 5.69 Å². The van der Waals surface area contributed by atoms with Gasteiger partial charge >= 0.3 is 5.97 Å². The van der Waals surface area contributed by atoms with Gasteiger partial charge in [-0.05, 0) is 42.8 Å². The molecule has 0 fully saturated rings. The topological polar surface area (TPSA) is 91.8 Å². The summed E-state index contributed by atoms with van der Waals surface area (Å²) in [5.74, 6) is -2.27. The van der Waals surface area contributed by atoms with Crippen LogP contribution in [-0.2, 0) is 11.2 Å². The van der Waals surface area contributed by atoms with Gasteiger partial charge in [0.2, 0.25) is 0 Å². The quantitative estimate of drug-likeness (QED) is 0.872. The maximum atomic E-state index is 12.6. The Morgan fingerprint density at radius 3 is 2.38 bits per heavy atom. The number of nitrogens with zero attached hydrogens (tertiary/aromatic N) is 1. The zero-order chi connectivity index (χ0) is 17.4. The first kappa shape index (κ1) is 15.6. The Bertz CT molecular complexity index is 900. The molecule has 1 heterocycles. The molecule has 0 aliphatic carbocycles. The van der Waals surface area contributed by atoms with E-state index in [4.69, 9.17) is 5.11 Å². The van der Waals surface area contributed by atoms with Crippen LogP contribution in [0, 0.1) is 0 Å². The molecule has 24 heavy (non-hydrogen) atoms. The number of anilines is 1. The molecule has 2 aromatic rings. The highest BCUT2D eigenvalue weighted by atomic mass is 16.4. The molecular formula is C18H13NO5. The van der Waals surface area contributed by atoms with E-state index in [1.54, 1.807) is 24.3 Å². The van der Waals surface area contributed by atoms with Crippen LogP contribution in [0.25, 0.3) is 0 Å². The molecule has 2 amide bonds. The van der Waals surface area contributed by atoms with E-state index < -0.39 is 17.8 Å². The van der Waals surface area contributed by atoms with Crippen molar-refractivity contribution in [1.82, 2.24) is 0 Å². The molecule has 0 saturated heterocycles. The van der Waals surface area contributed by atoms with Gasteiger partial charge in [-0.2, -0.15) is 0 Å². The average molecular weight is 323 g/mol. The molecule has 6 heteroatoms. The number of aromatic carboxylic acids is 1. The second-order valence-corrected chi connectivity index (χ2v) is 5.56. The molecule has 0 radical (unpaired) electrons. The van der Waals surface area contributed by atoms with Gasteiger partial charge in [0.1, 0.15) is 5.78 Å². The monoisotopic (exact) mass is 323 g/mol. The Morgan fingerprint density at radius 1 is 1.00 bits per heavy atom. The Morgan fingerprint density at radius 2 is 1.71 bits per heavy atom. The van der Waals surface area contributed by atoms with E-state index in [9.17, 15) is 19.2 Å². The molecule has 1 aliphatic rings. The number of carboxylic acids is 1. The number of hydrogen-bond donors (Lipinski definition) is 1. The van der Waals surface area contributed by atoms with Crippen LogP contribution < -0.4 is 4.90 Å². The van der Waals surface area contributed by atoms with Crippen molar-refractivity contribution < 1.29 is 24.3 Å². The Kier molecular flexibility index (Phi) is 3.73. The van der Waals surface area contributed by atoms with Gasteiger partial charge in [-0.25, -0.2) is 9.69 Å². The van der Waals surface area contributed by atoms with Crippen LogP contribution in [0.3, 0.4) is 0 Å². The molecule has 0 unspecified atom stereocenters. The minimum atomic E-state index is -1.17. The second kappa shape index (κ2) is 5.73. The van der Waals surface area contributed by atoms with Gasteiger partial charge in [-0.15, -0.1) is 0 Å². The summed E-state index contributed by atoms with van der Waals surface area (Å²) in [5, 5.41) is 9.03. The number of hydrogen-bond acceptors (Lipinski definition) is 4. The van der Waals surface area contributed by atoms with Crippen LogP contribution in [0.15, 0.2) is 42.5 Å². The van der Waals surface area contributed by atoms with E-state index in [-0.39, 0.29) is 28.9 Å². The van der Waals surface area contributed by atoms with E-state index in [1.165, 1.54) is 25.1 Å². The van der Waals surface area contributed by atoms with Crippen LogP contribution in [0.5, 0.6) is 0 Å². The first-order valence-corrected chi connectivity index (χ1v) is 7.23. The third-order valence-corrected chi connectivity index (χ3v) is 3.76. The van der Waals surface area contributed by atoms with E-state index in [0.29, 0.717) is 11.3 Å². The highest BCUT2D eigenvalue weighted by molar-refractivity contribution is 6.34. The SMILES string of the molecule is CC(=O)Cc1cccc(N2C(=O)c3ccc(C(=O)O)cc3C2=O)c1. The lowest BCUT2D eigenvalue weighted by molar-refractivity contribution is -0.116. The van der Waals surface area contributed by atoms with Crippen LogP contribution in [0.2, 0.25) is 0 Å². The normalized spacial score (nSPS) is 13.1. The molecule has 120 valence electrons. The maximum Gasteiger partial charge on any atom is 0.335 e. The third kappa shape index (κ3) is 2.58. The van der Waals surface area contributed by atoms with Crippen molar-refractivity contribution in [1.29, 1.82) is 0 Å². The molecule has 3 rings (SSSR count). The summed E-state index contributed by atoms with van der Waals surface area (Å²) in [4.78, 5) is 48.4. The molecule has 0 atom stereocenters. The van der Waals surface area contributed by atoms with Gasteiger partial charge < -0.3 is 5.11 Å². The number of carbonyl (C=O) groups is 4. The largest absolute Gasteiger partial charge is 0.478 e. The fraction of sp³-hybridized carbons (Fsp3) is 0.111. The van der Waals surface area contributed by atoms with Gasteiger partial charge in [0.15, 0.2) is 0 Å². The molecule has 1 N–H and O–H groups in total. The van der Waals surface area contributed by atoms with E-state index in [2.05, 4.69) is 0 Å². The summed E-state index contributed by atoms with van der Waals surface area (Å²) in [6.07, 6.45) is 0.209. The van der Waals surface area contributed by atoms with Gasteiger partial charge in [0, 0.05) is 6.42 Å². The van der Waals surface area contributed by atoms with Gasteiger partial charge in [-0.3, -0.25) is 14.4 Å². The molecule has 0 spiro atoms. The average Bonchev–Trinajstić information content (AvgIpc) is 2.78. The molecule has 2 aromatic carbocycles. The zero-order valence-corrected chi connectivity index (χ0v) is 12.8. The third-order valence-electron chi connectivity index (χ3n) is 3.76. The van der Waals surface area contributed by atoms with Gasteiger partial charge in [0.25, 0.3) is 11.8 Å². The predicted molar refractivity (Wildman–Crippen MR) is 85.4 cm³/mol. The summed E-state index contributed by atoms with van der Waals surface area (Å²) in [6.45, 7) is 1.46. The number of fused-ring (bicyclic) bond motifs is 1. The highest BCUT2D eigenvalue weighted by Crippen LogP contribution is 2.29. The fourth-order valence-electron chi connectivity index (χ4n) is 2.70. The number of imide groups is 1. The number of rotatable bonds is 4. The van der Waals surface area contributed by atoms with Crippen LogP contribution in [0.1, 0.15) is 43.6 Å². The number of benzene rings is 2. The van der Waals surface area contributed by atoms with Gasteiger partial charge in [-0.1, -0.05) is 12.1 Å². The molecule has 0 aromatic heterocycles. The summed E-state index contributed by atoms with van der Waals surface area (Å²) in [5.41, 5.74) is 1.24. The first-order valence-electron chi connectivity index (χ1n) is 7.23. The summed E-state index contributed by atoms with van der Waals surface area (Å²) in [6, 6.07) is 10.5. The Hall–Kier alpha value is -3.28. The molecule has 1 aliphatic heterocycles. The number of carboxylic acid groups (broad SMARTS) is 1. The minimum Gasteiger partial charge on any atom is -0.478 e. The van der Waals surface area contributed by atoms with Crippen molar-refractivity contribution in [3.8, 4) is 0 Å². The molecule has 0 saturated carbocycles. The van der Waals surface area contributed by atoms with Crippen molar-refractivity contribution in [2.75, 3.05) is 4.90 Å². The molecular weight excluding hydrogens is 310 g/mol. The van der Waals surface area contributed by atoms with Crippen molar-refractivity contribution in [2.24, 2.45) is 0 Å². The standard InChI is InChI=1S/C18H13NO5/c1-10(20)7-11-3-2-4-13(8-11)19-16(21)14-6-5-12(18(23)24)9-15(14)17(19)22/h2-6,8-9H,7H2,1H3,(H,23,24). The van der Waals surface area contributed by atoms with Gasteiger partial charge in [0.05, 0.1) is 22.4 Å². The summed E-state index contributed by atoms with van der Waals surface area (Å²) >= 11 is 0. The smallest absolute Gasteiger partial charge is 0.335 e. The van der Waals surface area contributed by atoms with Crippen molar-refractivity contribution >= 4 is 29.3 Å². The van der Waals surface area contributed by atoms with E-state index in [0.717, 1.165) is 4.90 Å². The van der Waals surface area contributed by atoms with E-state index >= 15 is 0 Å². The summed E-state index contributed by atoms with van der Waals surface area (Å²) < 4.78 is 0. The number of carbonyl (C=O) groups excluding carboxylic acids is 3. The maximum absolute atomic E-state index is 12.6. The lowest BCUT2D eigenvalue weighted by Gasteiger charge is -2.14. The number of ketones is 1. The minimum absolute atomic E-state index is 0.0272. The first-order chi connectivity index (χ1) is 11.4. The molecule has 6 nitrogen and oxygen atoms in total. The zero-order valence-electron chi connectivity index (χ0n) is 12.8. The van der Waals surface area contributed by atoms with Crippen molar-refractivity contribution in [3.05, 3.63) is 64.7 Å². The molecule has 0 bridgehead atoms. The summed E-state index contributed by atoms with van der Waals surface area (Å²) in [7, 11) is 0. The number of amides is 2. The predicted octanol–water partition coefficient (Wildman–Crippen LogP) is 2.32. The fourth-order valence-corrected chi connectivity index (χ4v) is 2.70.